The summed E-state index contributed by atoms with van der Waals surface area (Å²) in [7, 11) is 1.72. The minimum Gasteiger partial charge on any atom is -0.383 e. The van der Waals surface area contributed by atoms with Crippen molar-refractivity contribution in [2.75, 3.05) is 26.8 Å². The minimum atomic E-state index is 0.767. The quantitative estimate of drug-likeness (QED) is 0.734. The van der Waals surface area contributed by atoms with Crippen molar-refractivity contribution in [3.63, 3.8) is 0 Å². The average Bonchev–Trinajstić information content (AvgIpc) is 3.02. The van der Waals surface area contributed by atoms with Gasteiger partial charge >= 0.3 is 0 Å². The number of aromatic nitrogens is 2. The van der Waals surface area contributed by atoms with Crippen LogP contribution in [0.15, 0.2) is 0 Å². The highest BCUT2D eigenvalue weighted by Crippen LogP contribution is 2.28. The number of nitrogens with one attached hydrogen (secondary N) is 1. The lowest BCUT2D eigenvalue weighted by Gasteiger charge is -2.03. The Labute approximate surface area is 113 Å². The maximum Gasteiger partial charge on any atom is 0.118 e. The van der Waals surface area contributed by atoms with Gasteiger partial charge in [0.05, 0.1) is 6.61 Å². The Bertz CT molecular complexity index is 337. The normalized spacial score (nSPS) is 16.5. The van der Waals surface area contributed by atoms with Crippen LogP contribution >= 0.6 is 11.3 Å². The van der Waals surface area contributed by atoms with Crippen molar-refractivity contribution < 1.29 is 4.74 Å². The van der Waals surface area contributed by atoms with Crippen molar-refractivity contribution >= 4 is 11.3 Å². The molecule has 1 N–H and O–H groups in total. The van der Waals surface area contributed by atoms with Crippen molar-refractivity contribution in [1.82, 2.24) is 15.5 Å². The standard InChI is InChI=1S/C13H23N3OS/c1-17-9-8-14-7-6-12-15-16-13(18-12)10-11-4-2-3-5-11/h11,14H,2-10H2,1H3. The van der Waals surface area contributed by atoms with Gasteiger partial charge in [-0.05, 0) is 5.92 Å². The van der Waals surface area contributed by atoms with Crippen LogP contribution in [0.1, 0.15) is 35.7 Å². The van der Waals surface area contributed by atoms with Crippen LogP contribution in [-0.2, 0) is 17.6 Å². The Morgan fingerprint density at radius 1 is 1.22 bits per heavy atom. The molecule has 1 aromatic rings. The summed E-state index contributed by atoms with van der Waals surface area (Å²) in [5, 5.41) is 14.3. The SMILES string of the molecule is COCCNCCc1nnc(CC2CCCC2)s1. The average molecular weight is 269 g/mol. The van der Waals surface area contributed by atoms with Crippen LogP contribution < -0.4 is 5.32 Å². The fourth-order valence-corrected chi connectivity index (χ4v) is 3.39. The first-order valence-corrected chi connectivity index (χ1v) is 7.71. The van der Waals surface area contributed by atoms with Crippen LogP contribution in [0.4, 0.5) is 0 Å². The summed E-state index contributed by atoms with van der Waals surface area (Å²) >= 11 is 1.79. The second-order valence-corrected chi connectivity index (χ2v) is 6.08. The van der Waals surface area contributed by atoms with Crippen molar-refractivity contribution in [2.24, 2.45) is 5.92 Å². The number of rotatable bonds is 8. The summed E-state index contributed by atoms with van der Waals surface area (Å²) < 4.78 is 4.98. The fraction of sp³-hybridized carbons (Fsp3) is 0.846. The van der Waals surface area contributed by atoms with Crippen LogP contribution in [0.5, 0.6) is 0 Å². The van der Waals surface area contributed by atoms with Gasteiger partial charge in [0, 0.05) is 33.0 Å². The number of ether oxygens (including phenoxy) is 1. The van der Waals surface area contributed by atoms with Crippen LogP contribution in [0, 0.1) is 5.92 Å². The highest BCUT2D eigenvalue weighted by molar-refractivity contribution is 7.11. The molecule has 0 spiro atoms. The van der Waals surface area contributed by atoms with Gasteiger partial charge in [0.1, 0.15) is 10.0 Å². The van der Waals surface area contributed by atoms with Crippen molar-refractivity contribution in [1.29, 1.82) is 0 Å². The molecule has 1 aliphatic rings. The highest BCUT2D eigenvalue weighted by atomic mass is 32.1. The molecule has 18 heavy (non-hydrogen) atoms. The molecule has 1 aliphatic carbocycles. The Balaban J connectivity index is 1.65. The third-order valence-corrected chi connectivity index (χ3v) is 4.45. The first-order chi connectivity index (χ1) is 8.88. The van der Waals surface area contributed by atoms with Crippen LogP contribution in [0.25, 0.3) is 0 Å². The van der Waals surface area contributed by atoms with E-state index in [0.29, 0.717) is 0 Å². The Kier molecular flexibility index (Phi) is 6.04. The monoisotopic (exact) mass is 269 g/mol. The van der Waals surface area contributed by atoms with Gasteiger partial charge in [-0.25, -0.2) is 0 Å². The molecule has 0 bridgehead atoms. The molecule has 2 rings (SSSR count). The van der Waals surface area contributed by atoms with Crippen LogP contribution in [0.3, 0.4) is 0 Å². The van der Waals surface area contributed by atoms with Gasteiger partial charge in [0.15, 0.2) is 0 Å². The molecule has 0 unspecified atom stereocenters. The number of hydrogen-bond acceptors (Lipinski definition) is 5. The van der Waals surface area contributed by atoms with E-state index in [2.05, 4.69) is 15.5 Å². The Hall–Kier alpha value is -0.520. The molecule has 1 heterocycles. The molecule has 1 fully saturated rings. The molecule has 0 aliphatic heterocycles. The predicted octanol–water partition coefficient (Wildman–Crippen LogP) is 2.05. The van der Waals surface area contributed by atoms with E-state index in [1.54, 1.807) is 18.4 Å². The highest BCUT2D eigenvalue weighted by Gasteiger charge is 2.17. The van der Waals surface area contributed by atoms with Crippen LogP contribution in [0.2, 0.25) is 0 Å². The Morgan fingerprint density at radius 2 is 2.00 bits per heavy atom. The van der Waals surface area contributed by atoms with E-state index < -0.39 is 0 Å². The van der Waals surface area contributed by atoms with Crippen molar-refractivity contribution in [3.8, 4) is 0 Å². The zero-order valence-corrected chi connectivity index (χ0v) is 12.0. The largest absolute Gasteiger partial charge is 0.383 e. The molecule has 0 radical (unpaired) electrons. The molecular formula is C13H23N3OS. The molecule has 0 atom stereocenters. The maximum absolute atomic E-state index is 4.98. The van der Waals surface area contributed by atoms with E-state index in [0.717, 1.165) is 43.5 Å². The molecule has 0 aromatic carbocycles. The van der Waals surface area contributed by atoms with E-state index in [4.69, 9.17) is 4.74 Å². The van der Waals surface area contributed by atoms with Gasteiger partial charge in [-0.15, -0.1) is 21.5 Å². The summed E-state index contributed by atoms with van der Waals surface area (Å²) in [6.07, 6.45) is 7.70. The second-order valence-electron chi connectivity index (χ2n) is 4.94. The lowest BCUT2D eigenvalue weighted by molar-refractivity contribution is 0.199. The summed E-state index contributed by atoms with van der Waals surface area (Å²) in [5.74, 6) is 0.866. The van der Waals surface area contributed by atoms with Gasteiger partial charge in [-0.2, -0.15) is 0 Å². The van der Waals surface area contributed by atoms with Crippen molar-refractivity contribution in [3.05, 3.63) is 10.0 Å². The molecule has 5 heteroatoms. The summed E-state index contributed by atoms with van der Waals surface area (Å²) in [4.78, 5) is 0. The molecule has 1 saturated carbocycles. The zero-order chi connectivity index (χ0) is 12.6. The van der Waals surface area contributed by atoms with E-state index in [1.807, 2.05) is 0 Å². The molecule has 4 nitrogen and oxygen atoms in total. The second kappa shape index (κ2) is 7.81. The predicted molar refractivity (Wildman–Crippen MR) is 74.0 cm³/mol. The van der Waals surface area contributed by atoms with Gasteiger partial charge in [-0.3, -0.25) is 0 Å². The van der Waals surface area contributed by atoms with E-state index in [-0.39, 0.29) is 0 Å². The lowest BCUT2D eigenvalue weighted by Crippen LogP contribution is -2.21. The molecule has 1 aromatic heterocycles. The van der Waals surface area contributed by atoms with Gasteiger partial charge in [0.25, 0.3) is 0 Å². The number of hydrogen-bond donors (Lipinski definition) is 1. The Morgan fingerprint density at radius 3 is 2.78 bits per heavy atom. The summed E-state index contributed by atoms with van der Waals surface area (Å²) in [6, 6.07) is 0. The molecule has 0 saturated heterocycles. The van der Waals surface area contributed by atoms with E-state index in [9.17, 15) is 0 Å². The fourth-order valence-electron chi connectivity index (χ4n) is 2.43. The van der Waals surface area contributed by atoms with Gasteiger partial charge < -0.3 is 10.1 Å². The maximum atomic E-state index is 4.98. The van der Waals surface area contributed by atoms with E-state index >= 15 is 0 Å². The van der Waals surface area contributed by atoms with Crippen LogP contribution in [-0.4, -0.2) is 37.0 Å². The van der Waals surface area contributed by atoms with Gasteiger partial charge in [-0.1, -0.05) is 25.7 Å². The first-order valence-electron chi connectivity index (χ1n) is 6.89. The summed E-state index contributed by atoms with van der Waals surface area (Å²) in [6.45, 7) is 2.63. The summed E-state index contributed by atoms with van der Waals surface area (Å²) in [5.41, 5.74) is 0. The number of methoxy groups -OCH3 is 1. The zero-order valence-electron chi connectivity index (χ0n) is 11.2. The minimum absolute atomic E-state index is 0.767. The van der Waals surface area contributed by atoms with Gasteiger partial charge in [0.2, 0.25) is 0 Å². The first kappa shape index (κ1) is 13.9. The number of nitrogens with zero attached hydrogens (tertiary/aromatic N) is 2. The van der Waals surface area contributed by atoms with E-state index in [1.165, 1.54) is 30.7 Å². The smallest absolute Gasteiger partial charge is 0.118 e. The third-order valence-electron chi connectivity index (χ3n) is 3.45. The topological polar surface area (TPSA) is 47.0 Å². The van der Waals surface area contributed by atoms with Crippen molar-refractivity contribution in [2.45, 2.75) is 38.5 Å². The molecule has 102 valence electrons. The third kappa shape index (κ3) is 4.63. The molecular weight excluding hydrogens is 246 g/mol. The molecule has 0 amide bonds. The lowest BCUT2D eigenvalue weighted by atomic mass is 10.1.